The highest BCUT2D eigenvalue weighted by Crippen LogP contribution is 2.34. The van der Waals surface area contributed by atoms with Gasteiger partial charge in [-0.15, -0.1) is 0 Å². The molecule has 1 amide bonds. The van der Waals surface area contributed by atoms with Crippen molar-refractivity contribution in [2.75, 3.05) is 49.0 Å². The number of hydrogen-bond donors (Lipinski definition) is 1. The fourth-order valence-electron chi connectivity index (χ4n) is 4.51. The van der Waals surface area contributed by atoms with Gasteiger partial charge in [0.05, 0.1) is 24.7 Å². The number of amides is 1. The van der Waals surface area contributed by atoms with Crippen LogP contribution in [0.2, 0.25) is 0 Å². The molecule has 3 aromatic carbocycles. The van der Waals surface area contributed by atoms with Crippen LogP contribution in [0.1, 0.15) is 49.2 Å². The summed E-state index contributed by atoms with van der Waals surface area (Å²) in [5.41, 5.74) is 6.02. The fraction of sp³-hybridized carbons (Fsp3) is 0.387. The lowest BCUT2D eigenvalue weighted by Gasteiger charge is -2.29. The number of hydrogen-bond acceptors (Lipinski definition) is 6. The molecule has 0 fully saturated rings. The Morgan fingerprint density at radius 1 is 0.950 bits per heavy atom. The fourth-order valence-corrected chi connectivity index (χ4v) is 5.15. The average molecular weight is 567 g/mol. The molecular formula is C31H38N2O6S. The summed E-state index contributed by atoms with van der Waals surface area (Å²) in [6.07, 6.45) is 0.677. The SMILES string of the molecule is CCS(=O)(=O)Nc1cc(N2CCc3cc(-c4ccc(C(C)(C)C)cc4)ccc3C2=O)ccc1OCOCCOC. The Kier molecular flexibility index (Phi) is 9.18. The van der Waals surface area contributed by atoms with Crippen molar-refractivity contribution in [2.45, 2.75) is 39.5 Å². The summed E-state index contributed by atoms with van der Waals surface area (Å²) < 4.78 is 43.3. The van der Waals surface area contributed by atoms with Crippen LogP contribution in [0.4, 0.5) is 11.4 Å². The molecule has 0 aliphatic carbocycles. The van der Waals surface area contributed by atoms with Gasteiger partial charge in [0.2, 0.25) is 10.0 Å². The lowest BCUT2D eigenvalue weighted by Crippen LogP contribution is -2.37. The van der Waals surface area contributed by atoms with Crippen molar-refractivity contribution in [1.82, 2.24) is 0 Å². The van der Waals surface area contributed by atoms with Crippen molar-refractivity contribution >= 4 is 27.3 Å². The molecule has 4 rings (SSSR count). The summed E-state index contributed by atoms with van der Waals surface area (Å²) >= 11 is 0. The van der Waals surface area contributed by atoms with E-state index in [1.54, 1.807) is 37.1 Å². The summed E-state index contributed by atoms with van der Waals surface area (Å²) in [6, 6.07) is 19.6. The highest BCUT2D eigenvalue weighted by Gasteiger charge is 2.27. The van der Waals surface area contributed by atoms with Gasteiger partial charge in [0, 0.05) is 24.9 Å². The van der Waals surface area contributed by atoms with Crippen molar-refractivity contribution in [3.05, 3.63) is 77.4 Å². The summed E-state index contributed by atoms with van der Waals surface area (Å²) in [4.78, 5) is 15.2. The van der Waals surface area contributed by atoms with E-state index in [0.717, 1.165) is 16.7 Å². The molecule has 1 N–H and O–H groups in total. The lowest BCUT2D eigenvalue weighted by atomic mass is 9.86. The van der Waals surface area contributed by atoms with Crippen molar-refractivity contribution in [3.63, 3.8) is 0 Å². The van der Waals surface area contributed by atoms with Gasteiger partial charge >= 0.3 is 0 Å². The number of anilines is 2. The zero-order valence-corrected chi connectivity index (χ0v) is 24.6. The second-order valence-corrected chi connectivity index (χ2v) is 12.8. The number of sulfonamides is 1. The van der Waals surface area contributed by atoms with Crippen LogP contribution in [0.3, 0.4) is 0 Å². The molecular weight excluding hydrogens is 528 g/mol. The minimum Gasteiger partial charge on any atom is -0.465 e. The van der Waals surface area contributed by atoms with Gasteiger partial charge in [0.25, 0.3) is 5.91 Å². The standard InChI is InChI=1S/C31H38N2O6S/c1-6-40(35,36)32-28-20-26(12-14-29(28)39-21-38-18-17-37-5)33-16-15-24-19-23(9-13-27(24)30(33)34)22-7-10-25(11-8-22)31(2,3)4/h7-14,19-20,32H,6,15-18,21H2,1-5H3. The van der Waals surface area contributed by atoms with E-state index >= 15 is 0 Å². The Morgan fingerprint density at radius 2 is 1.68 bits per heavy atom. The third-order valence-corrected chi connectivity index (χ3v) is 8.21. The Morgan fingerprint density at radius 3 is 2.35 bits per heavy atom. The van der Waals surface area contributed by atoms with Crippen LogP contribution >= 0.6 is 0 Å². The second kappa shape index (κ2) is 12.4. The minimum atomic E-state index is -3.58. The zero-order chi connectivity index (χ0) is 28.9. The van der Waals surface area contributed by atoms with Crippen LogP contribution in [0.5, 0.6) is 5.75 Å². The summed E-state index contributed by atoms with van der Waals surface area (Å²) in [5.74, 6) is 0.0834. The molecule has 0 atom stereocenters. The van der Waals surface area contributed by atoms with Crippen LogP contribution in [0, 0.1) is 0 Å². The number of rotatable bonds is 11. The number of nitrogens with one attached hydrogen (secondary N) is 1. The maximum absolute atomic E-state index is 13.6. The molecule has 0 saturated heterocycles. The van der Waals surface area contributed by atoms with Gasteiger partial charge in [-0.1, -0.05) is 57.2 Å². The third kappa shape index (κ3) is 7.02. The van der Waals surface area contributed by atoms with Crippen LogP contribution < -0.4 is 14.4 Å². The first kappa shape index (κ1) is 29.6. The Balaban J connectivity index is 1.56. The maximum atomic E-state index is 13.6. The van der Waals surface area contributed by atoms with Gasteiger partial charge in [-0.3, -0.25) is 9.52 Å². The molecule has 214 valence electrons. The van der Waals surface area contributed by atoms with Crippen LogP contribution in [-0.2, 0) is 31.3 Å². The molecule has 0 radical (unpaired) electrons. The van der Waals surface area contributed by atoms with E-state index in [0.29, 0.717) is 43.2 Å². The van der Waals surface area contributed by atoms with E-state index in [4.69, 9.17) is 14.2 Å². The van der Waals surface area contributed by atoms with Crippen molar-refractivity contribution < 1.29 is 27.4 Å². The summed E-state index contributed by atoms with van der Waals surface area (Å²) in [5, 5.41) is 0. The number of ether oxygens (including phenoxy) is 3. The Labute approximate surface area is 237 Å². The van der Waals surface area contributed by atoms with Crippen molar-refractivity contribution in [2.24, 2.45) is 0 Å². The average Bonchev–Trinajstić information content (AvgIpc) is 2.93. The van der Waals surface area contributed by atoms with Gasteiger partial charge in [-0.2, -0.15) is 0 Å². The predicted octanol–water partition coefficient (Wildman–Crippen LogP) is 5.61. The first-order valence-corrected chi connectivity index (χ1v) is 15.1. The first-order valence-electron chi connectivity index (χ1n) is 13.4. The molecule has 0 unspecified atom stereocenters. The highest BCUT2D eigenvalue weighted by molar-refractivity contribution is 7.92. The van der Waals surface area contributed by atoms with E-state index in [9.17, 15) is 13.2 Å². The molecule has 1 heterocycles. The van der Waals surface area contributed by atoms with Gasteiger partial charge < -0.3 is 19.1 Å². The molecule has 0 saturated carbocycles. The first-order chi connectivity index (χ1) is 19.0. The molecule has 8 nitrogen and oxygen atoms in total. The van der Waals surface area contributed by atoms with E-state index in [2.05, 4.69) is 55.8 Å². The van der Waals surface area contributed by atoms with E-state index in [-0.39, 0.29) is 29.6 Å². The molecule has 0 bridgehead atoms. The molecule has 1 aliphatic rings. The number of benzene rings is 3. The van der Waals surface area contributed by atoms with Gasteiger partial charge in [-0.25, -0.2) is 8.42 Å². The molecule has 0 aromatic heterocycles. The maximum Gasteiger partial charge on any atom is 0.258 e. The van der Waals surface area contributed by atoms with Crippen LogP contribution in [0.25, 0.3) is 11.1 Å². The highest BCUT2D eigenvalue weighted by atomic mass is 32.2. The van der Waals surface area contributed by atoms with Crippen molar-refractivity contribution in [1.29, 1.82) is 0 Å². The monoisotopic (exact) mass is 566 g/mol. The Hall–Kier alpha value is -3.40. The van der Waals surface area contributed by atoms with E-state index in [1.807, 2.05) is 12.1 Å². The predicted molar refractivity (Wildman–Crippen MR) is 159 cm³/mol. The number of carbonyl (C=O) groups is 1. The Bertz CT molecular complexity index is 1450. The lowest BCUT2D eigenvalue weighted by molar-refractivity contribution is -0.00814. The largest absolute Gasteiger partial charge is 0.465 e. The van der Waals surface area contributed by atoms with Crippen LogP contribution in [-0.4, -0.2) is 53.7 Å². The molecule has 0 spiro atoms. The van der Waals surface area contributed by atoms with Crippen molar-refractivity contribution in [3.8, 4) is 16.9 Å². The number of methoxy groups -OCH3 is 1. The zero-order valence-electron chi connectivity index (χ0n) is 23.8. The summed E-state index contributed by atoms with van der Waals surface area (Å²) in [7, 11) is -2.01. The second-order valence-electron chi connectivity index (χ2n) is 10.8. The minimum absolute atomic E-state index is 0.0686. The quantitative estimate of drug-likeness (QED) is 0.239. The number of carbonyl (C=O) groups excluding carboxylic acids is 1. The van der Waals surface area contributed by atoms with Gasteiger partial charge in [-0.05, 0) is 65.3 Å². The number of fused-ring (bicyclic) bond motifs is 1. The van der Waals surface area contributed by atoms with Gasteiger partial charge in [0.1, 0.15) is 5.75 Å². The molecule has 1 aliphatic heterocycles. The topological polar surface area (TPSA) is 94.2 Å². The number of nitrogens with zero attached hydrogens (tertiary/aromatic N) is 1. The van der Waals surface area contributed by atoms with E-state index < -0.39 is 10.0 Å². The molecule has 3 aromatic rings. The molecule has 9 heteroatoms. The molecule has 40 heavy (non-hydrogen) atoms. The smallest absolute Gasteiger partial charge is 0.258 e. The normalized spacial score (nSPS) is 13.7. The third-order valence-electron chi connectivity index (χ3n) is 6.92. The van der Waals surface area contributed by atoms with Gasteiger partial charge in [0.15, 0.2) is 6.79 Å². The van der Waals surface area contributed by atoms with E-state index in [1.165, 1.54) is 5.56 Å². The summed E-state index contributed by atoms with van der Waals surface area (Å²) in [6.45, 7) is 9.30. The van der Waals surface area contributed by atoms with Crippen LogP contribution in [0.15, 0.2) is 60.7 Å².